The number of aromatic nitrogens is 1. The molecule has 1 N–H and O–H groups in total. The summed E-state index contributed by atoms with van der Waals surface area (Å²) in [6.07, 6.45) is 2.64. The first-order valence-corrected chi connectivity index (χ1v) is 6.66. The van der Waals surface area contributed by atoms with Gasteiger partial charge in [-0.3, -0.25) is 4.98 Å². The second kappa shape index (κ2) is 6.06. The molecule has 1 aromatic carbocycles. The molecule has 2 rings (SSSR count). The third-order valence-electron chi connectivity index (χ3n) is 2.90. The van der Waals surface area contributed by atoms with Crippen molar-refractivity contribution in [3.8, 4) is 11.3 Å². The van der Waals surface area contributed by atoms with Crippen LogP contribution in [0.3, 0.4) is 0 Å². The lowest BCUT2D eigenvalue weighted by atomic mass is 10.0. The molecular weight excluding hydrogens is 274 g/mol. The average Bonchev–Trinajstić information content (AvgIpc) is 2.39. The van der Waals surface area contributed by atoms with Crippen LogP contribution in [0.1, 0.15) is 22.8 Å². The number of hydrogen-bond acceptors (Lipinski definition) is 2. The lowest BCUT2D eigenvalue weighted by Crippen LogP contribution is -1.98. The Morgan fingerprint density at radius 3 is 2.70 bits per heavy atom. The highest BCUT2D eigenvalue weighted by Gasteiger charge is 2.10. The average molecular weight is 289 g/mol. The van der Waals surface area contributed by atoms with Crippen molar-refractivity contribution in [1.29, 1.82) is 0 Å². The van der Waals surface area contributed by atoms with E-state index >= 15 is 0 Å². The van der Waals surface area contributed by atoms with Crippen LogP contribution in [0.15, 0.2) is 36.5 Å². The normalized spacial score (nSPS) is 10.8. The van der Waals surface area contributed by atoms with Crippen LogP contribution >= 0.6 is 11.6 Å². The first-order valence-electron chi connectivity index (χ1n) is 6.28. The standard InChI is InChI=1S/C16H15ClNO2/c1-10(2)7-11-3-6-15(18-9-11)13-8-12(16(19)20)4-5-14(13)17/h3-6,8-10H,1,7H2,2H3,(H,19,20)/t10-/m0/s1. The molecule has 1 atom stereocenters. The number of carboxylic acid groups (broad SMARTS) is 1. The molecule has 103 valence electrons. The molecule has 0 saturated heterocycles. The second-order valence-electron chi connectivity index (χ2n) is 4.86. The zero-order valence-electron chi connectivity index (χ0n) is 11.1. The third-order valence-corrected chi connectivity index (χ3v) is 3.23. The Bertz CT molecular complexity index is 621. The first kappa shape index (κ1) is 14.5. The van der Waals surface area contributed by atoms with Crippen LogP contribution in [0.5, 0.6) is 0 Å². The van der Waals surface area contributed by atoms with Gasteiger partial charge >= 0.3 is 5.97 Å². The van der Waals surface area contributed by atoms with E-state index in [0.29, 0.717) is 22.2 Å². The van der Waals surface area contributed by atoms with Crippen LogP contribution in [0.2, 0.25) is 5.02 Å². The number of carbonyl (C=O) groups is 1. The van der Waals surface area contributed by atoms with E-state index in [1.54, 1.807) is 12.3 Å². The monoisotopic (exact) mass is 288 g/mol. The van der Waals surface area contributed by atoms with Crippen molar-refractivity contribution in [1.82, 2.24) is 4.98 Å². The molecule has 0 bridgehead atoms. The Balaban J connectivity index is 2.36. The molecule has 0 aliphatic heterocycles. The maximum absolute atomic E-state index is 11.0. The predicted molar refractivity (Wildman–Crippen MR) is 79.9 cm³/mol. The van der Waals surface area contributed by atoms with E-state index in [1.165, 1.54) is 12.1 Å². The summed E-state index contributed by atoms with van der Waals surface area (Å²) < 4.78 is 0. The Labute approximate surface area is 123 Å². The SMILES string of the molecule is [CH2][C@@H](C)Cc1ccc(-c2cc(C(=O)O)ccc2Cl)nc1. The van der Waals surface area contributed by atoms with Gasteiger partial charge < -0.3 is 5.11 Å². The summed E-state index contributed by atoms with van der Waals surface area (Å²) in [5, 5.41) is 9.51. The first-order chi connectivity index (χ1) is 9.47. The largest absolute Gasteiger partial charge is 0.478 e. The zero-order chi connectivity index (χ0) is 14.7. The quantitative estimate of drug-likeness (QED) is 0.921. The molecule has 20 heavy (non-hydrogen) atoms. The Morgan fingerprint density at radius 2 is 2.15 bits per heavy atom. The predicted octanol–water partition coefficient (Wildman–Crippen LogP) is 4.11. The van der Waals surface area contributed by atoms with Crippen LogP contribution in [0.25, 0.3) is 11.3 Å². The van der Waals surface area contributed by atoms with E-state index in [-0.39, 0.29) is 5.56 Å². The summed E-state index contributed by atoms with van der Waals surface area (Å²) in [5.74, 6) is -0.660. The number of pyridine rings is 1. The van der Waals surface area contributed by atoms with E-state index in [2.05, 4.69) is 11.9 Å². The molecule has 0 aliphatic carbocycles. The van der Waals surface area contributed by atoms with Crippen LogP contribution in [-0.4, -0.2) is 16.1 Å². The fourth-order valence-corrected chi connectivity index (χ4v) is 2.18. The number of benzene rings is 1. The fourth-order valence-electron chi connectivity index (χ4n) is 1.96. The van der Waals surface area contributed by atoms with E-state index in [1.807, 2.05) is 19.1 Å². The fraction of sp³-hybridized carbons (Fsp3) is 0.188. The van der Waals surface area contributed by atoms with Crippen molar-refractivity contribution in [3.63, 3.8) is 0 Å². The van der Waals surface area contributed by atoms with Gasteiger partial charge in [0.05, 0.1) is 16.3 Å². The lowest BCUT2D eigenvalue weighted by molar-refractivity contribution is 0.0697. The van der Waals surface area contributed by atoms with Crippen molar-refractivity contribution < 1.29 is 9.90 Å². The topological polar surface area (TPSA) is 50.2 Å². The van der Waals surface area contributed by atoms with Gasteiger partial charge in [-0.2, -0.15) is 0 Å². The number of aromatic carboxylic acids is 1. The Kier molecular flexibility index (Phi) is 4.40. The maximum atomic E-state index is 11.0. The van der Waals surface area contributed by atoms with Crippen LogP contribution in [0.4, 0.5) is 0 Å². The summed E-state index contributed by atoms with van der Waals surface area (Å²) in [6, 6.07) is 8.41. The van der Waals surface area contributed by atoms with Crippen molar-refractivity contribution in [3.05, 3.63) is 59.6 Å². The summed E-state index contributed by atoms with van der Waals surface area (Å²) in [4.78, 5) is 15.4. The van der Waals surface area contributed by atoms with Crippen molar-refractivity contribution in [2.75, 3.05) is 0 Å². The highest BCUT2D eigenvalue weighted by atomic mass is 35.5. The number of rotatable bonds is 4. The zero-order valence-corrected chi connectivity index (χ0v) is 11.9. The molecule has 1 radical (unpaired) electrons. The molecule has 0 amide bonds. The molecule has 1 heterocycles. The van der Waals surface area contributed by atoms with E-state index in [0.717, 1.165) is 12.0 Å². The molecule has 0 unspecified atom stereocenters. The molecule has 1 aromatic heterocycles. The van der Waals surface area contributed by atoms with Crippen molar-refractivity contribution in [2.45, 2.75) is 13.3 Å². The van der Waals surface area contributed by atoms with E-state index < -0.39 is 5.97 Å². The highest BCUT2D eigenvalue weighted by Crippen LogP contribution is 2.27. The summed E-state index contributed by atoms with van der Waals surface area (Å²) in [7, 11) is 0. The number of hydrogen-bond donors (Lipinski definition) is 1. The lowest BCUT2D eigenvalue weighted by Gasteiger charge is -2.08. The van der Waals surface area contributed by atoms with Crippen LogP contribution < -0.4 is 0 Å². The van der Waals surface area contributed by atoms with Gasteiger partial charge in [-0.15, -0.1) is 0 Å². The minimum absolute atomic E-state index is 0.196. The molecular formula is C16H15ClNO2. The highest BCUT2D eigenvalue weighted by molar-refractivity contribution is 6.33. The summed E-state index contributed by atoms with van der Waals surface area (Å²) in [5.41, 5.74) is 2.59. The van der Waals surface area contributed by atoms with E-state index in [4.69, 9.17) is 16.7 Å². The number of nitrogens with zero attached hydrogens (tertiary/aromatic N) is 1. The molecule has 2 aromatic rings. The summed E-state index contributed by atoms with van der Waals surface area (Å²) in [6.45, 7) is 5.99. The molecule has 0 saturated carbocycles. The van der Waals surface area contributed by atoms with Gasteiger partial charge in [0.25, 0.3) is 0 Å². The van der Waals surface area contributed by atoms with Crippen molar-refractivity contribution >= 4 is 17.6 Å². The van der Waals surface area contributed by atoms with Crippen LogP contribution in [0, 0.1) is 12.8 Å². The molecule has 0 fully saturated rings. The molecule has 0 spiro atoms. The third kappa shape index (κ3) is 3.36. The van der Waals surface area contributed by atoms with Gasteiger partial charge in [-0.25, -0.2) is 4.79 Å². The summed E-state index contributed by atoms with van der Waals surface area (Å²) >= 11 is 6.12. The van der Waals surface area contributed by atoms with Gasteiger partial charge in [0.15, 0.2) is 0 Å². The van der Waals surface area contributed by atoms with Gasteiger partial charge in [0, 0.05) is 11.8 Å². The second-order valence-corrected chi connectivity index (χ2v) is 5.27. The Morgan fingerprint density at radius 1 is 1.40 bits per heavy atom. The molecule has 0 aliphatic rings. The molecule has 3 nitrogen and oxygen atoms in total. The maximum Gasteiger partial charge on any atom is 0.335 e. The van der Waals surface area contributed by atoms with Gasteiger partial charge in [-0.05, 0) is 42.2 Å². The Hall–Kier alpha value is -1.87. The van der Waals surface area contributed by atoms with Crippen LogP contribution in [-0.2, 0) is 6.42 Å². The van der Waals surface area contributed by atoms with Crippen molar-refractivity contribution in [2.24, 2.45) is 5.92 Å². The number of halogens is 1. The minimum Gasteiger partial charge on any atom is -0.478 e. The van der Waals surface area contributed by atoms with E-state index in [9.17, 15) is 4.79 Å². The van der Waals surface area contributed by atoms with Gasteiger partial charge in [-0.1, -0.05) is 31.5 Å². The van der Waals surface area contributed by atoms with Gasteiger partial charge in [0.1, 0.15) is 0 Å². The number of carboxylic acids is 1. The molecule has 4 heteroatoms. The smallest absolute Gasteiger partial charge is 0.335 e. The minimum atomic E-state index is -0.981. The van der Waals surface area contributed by atoms with Gasteiger partial charge in [0.2, 0.25) is 0 Å².